The summed E-state index contributed by atoms with van der Waals surface area (Å²) in [5, 5.41) is 0.621. The summed E-state index contributed by atoms with van der Waals surface area (Å²) in [5.74, 6) is 2.09. The van der Waals surface area contributed by atoms with Crippen LogP contribution in [0, 0.1) is 0 Å². The first-order valence-corrected chi connectivity index (χ1v) is 11.6. The van der Waals surface area contributed by atoms with Crippen molar-refractivity contribution in [1.29, 1.82) is 0 Å². The predicted molar refractivity (Wildman–Crippen MR) is 138 cm³/mol. The molecule has 4 aromatic carbocycles. The van der Waals surface area contributed by atoms with Crippen LogP contribution in [0.1, 0.15) is 33.0 Å². The molecular formula is C30H23ClO4. The van der Waals surface area contributed by atoms with Crippen LogP contribution in [0.4, 0.5) is 0 Å². The fourth-order valence-electron chi connectivity index (χ4n) is 4.46. The minimum Gasteiger partial charge on any atom is -0.493 e. The van der Waals surface area contributed by atoms with Crippen molar-refractivity contribution in [2.24, 2.45) is 0 Å². The Kier molecular flexibility index (Phi) is 6.30. The lowest BCUT2D eigenvalue weighted by molar-refractivity contribution is 0.103. The van der Waals surface area contributed by atoms with E-state index in [9.17, 15) is 4.79 Å². The number of benzene rings is 4. The quantitative estimate of drug-likeness (QED) is 0.266. The van der Waals surface area contributed by atoms with Gasteiger partial charge in [-0.3, -0.25) is 4.79 Å². The van der Waals surface area contributed by atoms with Crippen molar-refractivity contribution in [3.63, 3.8) is 0 Å². The van der Waals surface area contributed by atoms with E-state index in [4.69, 9.17) is 25.8 Å². The van der Waals surface area contributed by atoms with E-state index in [0.29, 0.717) is 39.2 Å². The summed E-state index contributed by atoms with van der Waals surface area (Å²) >= 11 is 6.02. The smallest absolute Gasteiger partial charge is 0.194 e. The summed E-state index contributed by atoms with van der Waals surface area (Å²) in [4.78, 5) is 13.9. The van der Waals surface area contributed by atoms with Crippen molar-refractivity contribution in [2.45, 2.75) is 5.92 Å². The molecular weight excluding hydrogens is 460 g/mol. The van der Waals surface area contributed by atoms with Crippen LogP contribution in [0.5, 0.6) is 23.0 Å². The molecule has 0 bridgehead atoms. The number of hydrogen-bond acceptors (Lipinski definition) is 4. The predicted octanol–water partition coefficient (Wildman–Crippen LogP) is 7.56. The molecule has 35 heavy (non-hydrogen) atoms. The Bertz CT molecular complexity index is 1410. The molecule has 4 aromatic rings. The third kappa shape index (κ3) is 4.41. The van der Waals surface area contributed by atoms with Crippen molar-refractivity contribution in [2.75, 3.05) is 14.2 Å². The molecule has 0 heterocycles. The molecule has 5 rings (SSSR count). The molecule has 0 amide bonds. The average molecular weight is 483 g/mol. The Morgan fingerprint density at radius 2 is 1.51 bits per heavy atom. The van der Waals surface area contributed by atoms with Crippen LogP contribution >= 0.6 is 11.6 Å². The second-order valence-corrected chi connectivity index (χ2v) is 8.60. The topological polar surface area (TPSA) is 44.8 Å². The van der Waals surface area contributed by atoms with Crippen LogP contribution in [-0.2, 0) is 0 Å². The number of ether oxygens (including phenoxy) is 3. The first-order chi connectivity index (χ1) is 17.1. The molecule has 1 atom stereocenters. The zero-order valence-corrected chi connectivity index (χ0v) is 20.1. The summed E-state index contributed by atoms with van der Waals surface area (Å²) in [6.07, 6.45) is 1.92. The molecule has 4 nitrogen and oxygen atoms in total. The molecule has 0 spiro atoms. The Morgan fingerprint density at radius 1 is 0.771 bits per heavy atom. The number of halogens is 1. The summed E-state index contributed by atoms with van der Waals surface area (Å²) in [7, 11) is 3.19. The third-order valence-electron chi connectivity index (χ3n) is 6.07. The summed E-state index contributed by atoms with van der Waals surface area (Å²) < 4.78 is 17.0. The molecule has 0 aliphatic heterocycles. The highest BCUT2D eigenvalue weighted by Crippen LogP contribution is 2.47. The van der Waals surface area contributed by atoms with Crippen molar-refractivity contribution >= 4 is 23.5 Å². The minimum absolute atomic E-state index is 0.0619. The van der Waals surface area contributed by atoms with Gasteiger partial charge in [0.05, 0.1) is 19.8 Å². The fraction of sp³-hybridized carbons (Fsp3) is 0.100. The van der Waals surface area contributed by atoms with Crippen LogP contribution in [0.2, 0.25) is 5.02 Å². The first-order valence-electron chi connectivity index (χ1n) is 11.2. The molecule has 0 aromatic heterocycles. The number of ketones is 1. The van der Waals surface area contributed by atoms with E-state index in [2.05, 4.69) is 0 Å². The highest BCUT2D eigenvalue weighted by molar-refractivity contribution is 6.30. The van der Waals surface area contributed by atoms with Crippen molar-refractivity contribution in [3.05, 3.63) is 124 Å². The van der Waals surface area contributed by atoms with Gasteiger partial charge in [0.15, 0.2) is 17.3 Å². The normalized spacial score (nSPS) is 15.7. The molecule has 0 fully saturated rings. The van der Waals surface area contributed by atoms with Crippen LogP contribution in [0.15, 0.2) is 96.6 Å². The first kappa shape index (κ1) is 22.8. The van der Waals surface area contributed by atoms with Gasteiger partial charge < -0.3 is 14.2 Å². The Balaban J connectivity index is 1.64. The monoisotopic (exact) mass is 482 g/mol. The van der Waals surface area contributed by atoms with Crippen LogP contribution in [-0.4, -0.2) is 20.0 Å². The highest BCUT2D eigenvalue weighted by Gasteiger charge is 2.38. The maximum absolute atomic E-state index is 13.9. The molecule has 0 N–H and O–H groups in total. The van der Waals surface area contributed by atoms with Gasteiger partial charge in [-0.05, 0) is 65.2 Å². The minimum atomic E-state index is -0.222. The van der Waals surface area contributed by atoms with Crippen LogP contribution in [0.25, 0.3) is 6.08 Å². The number of hydrogen-bond donors (Lipinski definition) is 0. The van der Waals surface area contributed by atoms with E-state index in [1.54, 1.807) is 38.5 Å². The zero-order valence-electron chi connectivity index (χ0n) is 19.3. The van der Waals surface area contributed by atoms with Crippen LogP contribution in [0.3, 0.4) is 0 Å². The molecule has 1 aliphatic rings. The fourth-order valence-corrected chi connectivity index (χ4v) is 4.59. The number of carbonyl (C=O) groups is 1. The number of fused-ring (bicyclic) bond motifs is 1. The van der Waals surface area contributed by atoms with Gasteiger partial charge in [0.2, 0.25) is 0 Å². The van der Waals surface area contributed by atoms with Crippen LogP contribution < -0.4 is 14.2 Å². The number of Topliss-reactive ketones (excluding diaryl/α,β-unsaturated/α-hetero) is 1. The van der Waals surface area contributed by atoms with Gasteiger partial charge in [-0.1, -0.05) is 60.1 Å². The SMILES string of the molecule is COc1ccc(C=C2C(=O)c3c(Oc4ccc(Cl)cc4)cccc3C2c2ccccc2)cc1OC. The van der Waals surface area contributed by atoms with E-state index in [1.165, 1.54) is 0 Å². The van der Waals surface area contributed by atoms with Crippen molar-refractivity contribution < 1.29 is 19.0 Å². The second kappa shape index (κ2) is 9.69. The van der Waals surface area contributed by atoms with Gasteiger partial charge in [0, 0.05) is 16.5 Å². The molecule has 0 radical (unpaired) electrons. The van der Waals surface area contributed by atoms with Gasteiger partial charge in [0.25, 0.3) is 0 Å². The lowest BCUT2D eigenvalue weighted by Crippen LogP contribution is -2.02. The number of allylic oxidation sites excluding steroid dienone is 1. The highest BCUT2D eigenvalue weighted by atomic mass is 35.5. The number of rotatable bonds is 6. The molecule has 1 aliphatic carbocycles. The van der Waals surface area contributed by atoms with Crippen molar-refractivity contribution in [3.8, 4) is 23.0 Å². The molecule has 174 valence electrons. The average Bonchev–Trinajstić information content (AvgIpc) is 3.17. The number of methoxy groups -OCH3 is 2. The van der Waals surface area contributed by atoms with Gasteiger partial charge in [-0.15, -0.1) is 0 Å². The summed E-state index contributed by atoms with van der Waals surface area (Å²) in [5.41, 5.74) is 4.04. The van der Waals surface area contributed by atoms with Gasteiger partial charge >= 0.3 is 0 Å². The summed E-state index contributed by atoms with van der Waals surface area (Å²) in [6.45, 7) is 0. The maximum Gasteiger partial charge on any atom is 0.194 e. The number of carbonyl (C=O) groups excluding carboxylic acids is 1. The Labute approximate surface area is 209 Å². The van der Waals surface area contributed by atoms with Crippen molar-refractivity contribution in [1.82, 2.24) is 0 Å². The zero-order chi connectivity index (χ0) is 24.4. The lowest BCUT2D eigenvalue weighted by Gasteiger charge is -2.15. The Morgan fingerprint density at radius 3 is 2.23 bits per heavy atom. The third-order valence-corrected chi connectivity index (χ3v) is 6.33. The molecule has 0 saturated carbocycles. The standard InChI is InChI=1S/C30H23ClO4/c1-33-25-16-11-19(18-27(25)34-2)17-24-28(20-7-4-3-5-8-20)23-9-6-10-26(29(23)30(24)32)35-22-14-12-21(31)13-15-22/h3-18,28H,1-2H3. The van der Waals surface area contributed by atoms with E-state index < -0.39 is 0 Å². The van der Waals surface area contributed by atoms with E-state index in [1.807, 2.05) is 72.8 Å². The summed E-state index contributed by atoms with van der Waals surface area (Å²) in [6, 6.07) is 28.5. The van der Waals surface area contributed by atoms with E-state index >= 15 is 0 Å². The van der Waals surface area contributed by atoms with E-state index in [-0.39, 0.29) is 11.7 Å². The van der Waals surface area contributed by atoms with Gasteiger partial charge in [0.1, 0.15) is 11.5 Å². The van der Waals surface area contributed by atoms with E-state index in [0.717, 1.165) is 16.7 Å². The second-order valence-electron chi connectivity index (χ2n) is 8.16. The largest absolute Gasteiger partial charge is 0.493 e. The lowest BCUT2D eigenvalue weighted by atomic mass is 9.89. The van der Waals surface area contributed by atoms with Gasteiger partial charge in [-0.2, -0.15) is 0 Å². The molecule has 0 saturated heterocycles. The maximum atomic E-state index is 13.9. The van der Waals surface area contributed by atoms with Gasteiger partial charge in [-0.25, -0.2) is 0 Å². The Hall–Kier alpha value is -4.02. The molecule has 5 heteroatoms. The molecule has 1 unspecified atom stereocenters.